The molecule has 0 aliphatic heterocycles. The van der Waals surface area contributed by atoms with Gasteiger partial charge in [0.1, 0.15) is 5.75 Å². The second kappa shape index (κ2) is 4.85. The molecule has 0 amide bonds. The third kappa shape index (κ3) is 1.97. The number of hydrogen-bond donors (Lipinski definition) is 1. The molecule has 0 saturated carbocycles. The van der Waals surface area contributed by atoms with Crippen molar-refractivity contribution in [2.24, 2.45) is 0 Å². The molecule has 0 radical (unpaired) electrons. The van der Waals surface area contributed by atoms with Crippen LogP contribution < -0.4 is 5.56 Å². The SMILES string of the molecule is Cc1c(O)c2ccccc2n(Cc2ccccc2)c1=O. The van der Waals surface area contributed by atoms with Crippen molar-refractivity contribution < 1.29 is 5.11 Å². The van der Waals surface area contributed by atoms with Crippen molar-refractivity contribution in [3.05, 3.63) is 76.1 Å². The molecule has 20 heavy (non-hydrogen) atoms. The number of pyridine rings is 1. The van der Waals surface area contributed by atoms with Crippen LogP contribution in [0.3, 0.4) is 0 Å². The summed E-state index contributed by atoms with van der Waals surface area (Å²) in [5, 5.41) is 10.8. The zero-order valence-electron chi connectivity index (χ0n) is 11.2. The van der Waals surface area contributed by atoms with E-state index in [2.05, 4.69) is 0 Å². The number of aromatic hydroxyl groups is 1. The molecule has 0 spiro atoms. The van der Waals surface area contributed by atoms with Crippen LogP contribution in [0, 0.1) is 6.92 Å². The van der Waals surface area contributed by atoms with Crippen LogP contribution in [0.4, 0.5) is 0 Å². The Bertz CT molecular complexity index is 820. The van der Waals surface area contributed by atoms with Gasteiger partial charge in [0, 0.05) is 5.39 Å². The molecule has 1 N–H and O–H groups in total. The molecule has 1 aromatic heterocycles. The van der Waals surface area contributed by atoms with Crippen LogP contribution in [0.15, 0.2) is 59.4 Å². The number of nitrogens with zero attached hydrogens (tertiary/aromatic N) is 1. The van der Waals surface area contributed by atoms with Crippen LogP contribution in [-0.4, -0.2) is 9.67 Å². The molecule has 3 rings (SSSR count). The molecule has 0 atom stereocenters. The highest BCUT2D eigenvalue weighted by Gasteiger charge is 2.12. The van der Waals surface area contributed by atoms with Gasteiger partial charge < -0.3 is 9.67 Å². The number of benzene rings is 2. The predicted molar refractivity (Wildman–Crippen MR) is 80.2 cm³/mol. The Morgan fingerprint density at radius 3 is 2.40 bits per heavy atom. The zero-order chi connectivity index (χ0) is 14.1. The normalized spacial score (nSPS) is 10.8. The summed E-state index contributed by atoms with van der Waals surface area (Å²) in [5.74, 6) is 0.0786. The van der Waals surface area contributed by atoms with Crippen molar-refractivity contribution in [3.8, 4) is 5.75 Å². The summed E-state index contributed by atoms with van der Waals surface area (Å²) in [4.78, 5) is 12.4. The summed E-state index contributed by atoms with van der Waals surface area (Å²) in [5.41, 5.74) is 2.05. The van der Waals surface area contributed by atoms with Gasteiger partial charge in [-0.1, -0.05) is 42.5 Å². The number of fused-ring (bicyclic) bond motifs is 1. The summed E-state index contributed by atoms with van der Waals surface area (Å²) in [6.45, 7) is 2.16. The van der Waals surface area contributed by atoms with Gasteiger partial charge in [-0.05, 0) is 24.6 Å². The van der Waals surface area contributed by atoms with E-state index < -0.39 is 0 Å². The summed E-state index contributed by atoms with van der Waals surface area (Å²) in [6, 6.07) is 17.3. The minimum Gasteiger partial charge on any atom is -0.507 e. The highest BCUT2D eigenvalue weighted by molar-refractivity contribution is 5.86. The Hall–Kier alpha value is -2.55. The lowest BCUT2D eigenvalue weighted by Gasteiger charge is -2.13. The molecular weight excluding hydrogens is 250 g/mol. The molecule has 0 aliphatic carbocycles. The van der Waals surface area contributed by atoms with E-state index in [-0.39, 0.29) is 11.3 Å². The molecule has 0 bridgehead atoms. The van der Waals surface area contributed by atoms with E-state index in [0.29, 0.717) is 17.5 Å². The number of rotatable bonds is 2. The first kappa shape index (κ1) is 12.5. The van der Waals surface area contributed by atoms with Gasteiger partial charge in [0.15, 0.2) is 0 Å². The quantitative estimate of drug-likeness (QED) is 0.773. The van der Waals surface area contributed by atoms with Gasteiger partial charge in [0.25, 0.3) is 5.56 Å². The standard InChI is InChI=1S/C17H15NO2/c1-12-16(19)14-9-5-6-10-15(14)18(17(12)20)11-13-7-3-2-4-8-13/h2-10,19H,11H2,1H3. The Kier molecular flexibility index (Phi) is 3.03. The molecule has 2 aromatic carbocycles. The molecule has 1 heterocycles. The maximum Gasteiger partial charge on any atom is 0.257 e. The zero-order valence-corrected chi connectivity index (χ0v) is 11.2. The van der Waals surface area contributed by atoms with Gasteiger partial charge in [-0.15, -0.1) is 0 Å². The van der Waals surface area contributed by atoms with Gasteiger partial charge in [0.2, 0.25) is 0 Å². The first-order chi connectivity index (χ1) is 9.68. The van der Waals surface area contributed by atoms with E-state index in [1.165, 1.54) is 0 Å². The van der Waals surface area contributed by atoms with Gasteiger partial charge in [0.05, 0.1) is 17.6 Å². The summed E-state index contributed by atoms with van der Waals surface area (Å²) in [6.07, 6.45) is 0. The van der Waals surface area contributed by atoms with E-state index in [9.17, 15) is 9.90 Å². The molecule has 3 heteroatoms. The fourth-order valence-corrected chi connectivity index (χ4v) is 2.45. The molecule has 0 fully saturated rings. The monoisotopic (exact) mass is 265 g/mol. The molecule has 0 unspecified atom stereocenters. The minimum absolute atomic E-state index is 0.0786. The minimum atomic E-state index is -0.148. The Morgan fingerprint density at radius 2 is 1.65 bits per heavy atom. The van der Waals surface area contributed by atoms with Crippen LogP contribution >= 0.6 is 0 Å². The van der Waals surface area contributed by atoms with Crippen molar-refractivity contribution in [1.82, 2.24) is 4.57 Å². The lowest BCUT2D eigenvalue weighted by molar-refractivity contribution is 0.474. The van der Waals surface area contributed by atoms with Crippen molar-refractivity contribution in [2.45, 2.75) is 13.5 Å². The number of para-hydroxylation sites is 1. The first-order valence-corrected chi connectivity index (χ1v) is 6.53. The smallest absolute Gasteiger partial charge is 0.257 e. The van der Waals surface area contributed by atoms with Crippen molar-refractivity contribution in [3.63, 3.8) is 0 Å². The second-order valence-corrected chi connectivity index (χ2v) is 4.87. The fourth-order valence-electron chi connectivity index (χ4n) is 2.45. The predicted octanol–water partition coefficient (Wildman–Crippen LogP) is 3.06. The van der Waals surface area contributed by atoms with Crippen LogP contribution in [-0.2, 0) is 6.54 Å². The molecule has 0 saturated heterocycles. The Labute approximate surface area is 116 Å². The van der Waals surface area contributed by atoms with Crippen LogP contribution in [0.5, 0.6) is 5.75 Å². The summed E-state index contributed by atoms with van der Waals surface area (Å²) >= 11 is 0. The largest absolute Gasteiger partial charge is 0.507 e. The topological polar surface area (TPSA) is 42.2 Å². The maximum atomic E-state index is 12.4. The van der Waals surface area contributed by atoms with Gasteiger partial charge in [-0.2, -0.15) is 0 Å². The molecule has 3 nitrogen and oxygen atoms in total. The van der Waals surface area contributed by atoms with Gasteiger partial charge in [-0.3, -0.25) is 4.79 Å². The lowest BCUT2D eigenvalue weighted by Crippen LogP contribution is -2.23. The summed E-state index contributed by atoms with van der Waals surface area (Å²) < 4.78 is 1.71. The van der Waals surface area contributed by atoms with Crippen LogP contribution in [0.1, 0.15) is 11.1 Å². The first-order valence-electron chi connectivity index (χ1n) is 6.53. The maximum absolute atomic E-state index is 12.4. The molecule has 0 aliphatic rings. The number of aromatic nitrogens is 1. The molecular formula is C17H15NO2. The summed E-state index contributed by atoms with van der Waals surface area (Å²) in [7, 11) is 0. The Morgan fingerprint density at radius 1 is 1.00 bits per heavy atom. The van der Waals surface area contributed by atoms with Crippen molar-refractivity contribution in [2.75, 3.05) is 0 Å². The van der Waals surface area contributed by atoms with Crippen LogP contribution in [0.2, 0.25) is 0 Å². The van der Waals surface area contributed by atoms with E-state index >= 15 is 0 Å². The average molecular weight is 265 g/mol. The highest BCUT2D eigenvalue weighted by Crippen LogP contribution is 2.25. The van der Waals surface area contributed by atoms with Gasteiger partial charge >= 0.3 is 0 Å². The van der Waals surface area contributed by atoms with Gasteiger partial charge in [-0.25, -0.2) is 0 Å². The van der Waals surface area contributed by atoms with Crippen molar-refractivity contribution >= 4 is 10.9 Å². The van der Waals surface area contributed by atoms with E-state index in [1.807, 2.05) is 54.6 Å². The molecule has 100 valence electrons. The van der Waals surface area contributed by atoms with E-state index in [0.717, 1.165) is 11.1 Å². The Balaban J connectivity index is 2.27. The highest BCUT2D eigenvalue weighted by atomic mass is 16.3. The van der Waals surface area contributed by atoms with Crippen LogP contribution in [0.25, 0.3) is 10.9 Å². The lowest BCUT2D eigenvalue weighted by atomic mass is 10.1. The fraction of sp³-hybridized carbons (Fsp3) is 0.118. The molecule has 3 aromatic rings. The van der Waals surface area contributed by atoms with E-state index in [4.69, 9.17) is 0 Å². The number of hydrogen-bond acceptors (Lipinski definition) is 2. The van der Waals surface area contributed by atoms with E-state index in [1.54, 1.807) is 11.5 Å². The average Bonchev–Trinajstić information content (AvgIpc) is 2.50. The van der Waals surface area contributed by atoms with Crippen molar-refractivity contribution in [1.29, 1.82) is 0 Å². The third-order valence-electron chi connectivity index (χ3n) is 3.55. The third-order valence-corrected chi connectivity index (χ3v) is 3.55. The second-order valence-electron chi connectivity index (χ2n) is 4.87.